The number of likely N-dealkylation sites (tertiary alicyclic amines) is 1. The van der Waals surface area contributed by atoms with Crippen LogP contribution in [0.2, 0.25) is 0 Å². The molecule has 4 heteroatoms. The first kappa shape index (κ1) is 13.6. The quantitative estimate of drug-likeness (QED) is 0.887. The number of amides is 1. The maximum atomic E-state index is 12.1. The summed E-state index contributed by atoms with van der Waals surface area (Å²) in [6.45, 7) is 6.80. The molecule has 100 valence electrons. The van der Waals surface area contributed by atoms with E-state index >= 15 is 0 Å². The Balaban J connectivity index is 1.80. The maximum Gasteiger partial charge on any atom is 0.239 e. The molecule has 1 amide bonds. The lowest BCUT2D eigenvalue weighted by Gasteiger charge is -2.20. The maximum absolute atomic E-state index is 12.1. The summed E-state index contributed by atoms with van der Waals surface area (Å²) in [5, 5.41) is 3.33. The molecule has 18 heavy (non-hydrogen) atoms. The lowest BCUT2D eigenvalue weighted by molar-refractivity contribution is -0.131. The third-order valence-corrected chi connectivity index (χ3v) is 4.67. The van der Waals surface area contributed by atoms with Crippen LogP contribution in [-0.2, 0) is 17.8 Å². The summed E-state index contributed by atoms with van der Waals surface area (Å²) in [4.78, 5) is 16.8. The molecule has 0 bridgehead atoms. The number of aryl methyl sites for hydroxylation is 1. The minimum Gasteiger partial charge on any atom is -0.341 e. The minimum atomic E-state index is -0.0738. The summed E-state index contributed by atoms with van der Waals surface area (Å²) in [5.41, 5.74) is 0. The van der Waals surface area contributed by atoms with E-state index in [0.29, 0.717) is 0 Å². The van der Waals surface area contributed by atoms with Crippen molar-refractivity contribution in [3.63, 3.8) is 0 Å². The Kier molecular flexibility index (Phi) is 4.78. The highest BCUT2D eigenvalue weighted by Gasteiger charge is 2.22. The van der Waals surface area contributed by atoms with Gasteiger partial charge in [-0.05, 0) is 38.3 Å². The summed E-state index contributed by atoms with van der Waals surface area (Å²) in [6, 6.07) is 4.26. The Bertz CT molecular complexity index is 396. The molecular weight excluding hydrogens is 244 g/mol. The third kappa shape index (κ3) is 3.33. The molecule has 1 aromatic heterocycles. The highest BCUT2D eigenvalue weighted by molar-refractivity contribution is 7.11. The summed E-state index contributed by atoms with van der Waals surface area (Å²) in [6.07, 6.45) is 3.40. The Morgan fingerprint density at radius 1 is 1.39 bits per heavy atom. The second-order valence-corrected chi connectivity index (χ2v) is 6.11. The van der Waals surface area contributed by atoms with Gasteiger partial charge in [0.05, 0.1) is 6.04 Å². The largest absolute Gasteiger partial charge is 0.341 e. The molecule has 0 spiro atoms. The number of rotatable bonds is 5. The number of nitrogens with one attached hydrogen (secondary N) is 1. The van der Waals surface area contributed by atoms with Crippen molar-refractivity contribution in [3.8, 4) is 0 Å². The molecule has 0 radical (unpaired) electrons. The van der Waals surface area contributed by atoms with Gasteiger partial charge in [-0.15, -0.1) is 11.3 Å². The van der Waals surface area contributed by atoms with Gasteiger partial charge in [0.15, 0.2) is 0 Å². The fraction of sp³-hybridized carbons (Fsp3) is 0.643. The lowest BCUT2D eigenvalue weighted by atomic mass is 10.3. The molecule has 1 atom stereocenters. The van der Waals surface area contributed by atoms with Gasteiger partial charge in [0.1, 0.15) is 0 Å². The molecule has 1 fully saturated rings. The molecule has 1 aliphatic heterocycles. The zero-order valence-electron chi connectivity index (χ0n) is 11.2. The number of thiophene rings is 1. The first-order chi connectivity index (χ1) is 8.70. The van der Waals surface area contributed by atoms with Crippen LogP contribution in [0.3, 0.4) is 0 Å². The summed E-state index contributed by atoms with van der Waals surface area (Å²) >= 11 is 1.83. The van der Waals surface area contributed by atoms with Gasteiger partial charge in [-0.1, -0.05) is 6.92 Å². The van der Waals surface area contributed by atoms with Crippen molar-refractivity contribution in [2.75, 3.05) is 13.1 Å². The van der Waals surface area contributed by atoms with E-state index in [1.165, 1.54) is 9.75 Å². The Hall–Kier alpha value is -0.870. The van der Waals surface area contributed by atoms with Crippen molar-refractivity contribution in [3.05, 3.63) is 21.9 Å². The van der Waals surface area contributed by atoms with E-state index < -0.39 is 0 Å². The summed E-state index contributed by atoms with van der Waals surface area (Å²) in [5.74, 6) is 0.250. The standard InChI is InChI=1S/C14H22N2OS/c1-3-12-6-7-13(18-12)10-15-11(2)14(17)16-8-4-5-9-16/h6-7,11,15H,3-5,8-10H2,1-2H3. The highest BCUT2D eigenvalue weighted by Crippen LogP contribution is 2.17. The normalized spacial score (nSPS) is 17.1. The van der Waals surface area contributed by atoms with Gasteiger partial charge < -0.3 is 10.2 Å². The van der Waals surface area contributed by atoms with Gasteiger partial charge in [0, 0.05) is 29.4 Å². The van der Waals surface area contributed by atoms with E-state index in [-0.39, 0.29) is 11.9 Å². The van der Waals surface area contributed by atoms with Gasteiger partial charge in [-0.3, -0.25) is 4.79 Å². The van der Waals surface area contributed by atoms with Gasteiger partial charge >= 0.3 is 0 Å². The fourth-order valence-corrected chi connectivity index (χ4v) is 3.17. The molecule has 1 aromatic rings. The average molecular weight is 266 g/mol. The van der Waals surface area contributed by atoms with Crippen LogP contribution in [0.1, 0.15) is 36.4 Å². The Morgan fingerprint density at radius 3 is 2.67 bits per heavy atom. The fourth-order valence-electron chi connectivity index (χ4n) is 2.26. The molecule has 2 heterocycles. The van der Waals surface area contributed by atoms with Crippen molar-refractivity contribution < 1.29 is 4.79 Å². The monoisotopic (exact) mass is 266 g/mol. The summed E-state index contributed by atoms with van der Waals surface area (Å²) in [7, 11) is 0. The number of carbonyl (C=O) groups is 1. The molecule has 0 aromatic carbocycles. The molecule has 1 N–H and O–H groups in total. The predicted molar refractivity (Wildman–Crippen MR) is 75.8 cm³/mol. The lowest BCUT2D eigenvalue weighted by Crippen LogP contribution is -2.43. The first-order valence-corrected chi connectivity index (χ1v) is 7.62. The van der Waals surface area contributed by atoms with Crippen molar-refractivity contribution in [2.45, 2.75) is 45.7 Å². The first-order valence-electron chi connectivity index (χ1n) is 6.80. The van der Waals surface area contributed by atoms with Crippen LogP contribution >= 0.6 is 11.3 Å². The second kappa shape index (κ2) is 6.34. The minimum absolute atomic E-state index is 0.0738. The predicted octanol–water partition coefficient (Wildman–Crippen LogP) is 2.41. The Morgan fingerprint density at radius 2 is 2.06 bits per heavy atom. The van der Waals surface area contributed by atoms with E-state index in [1.54, 1.807) is 0 Å². The molecule has 1 aliphatic rings. The van der Waals surface area contributed by atoms with Crippen LogP contribution in [0.5, 0.6) is 0 Å². The van der Waals surface area contributed by atoms with Crippen LogP contribution in [0, 0.1) is 0 Å². The average Bonchev–Trinajstić information content (AvgIpc) is 3.05. The highest BCUT2D eigenvalue weighted by atomic mass is 32.1. The van der Waals surface area contributed by atoms with Gasteiger partial charge in [-0.2, -0.15) is 0 Å². The van der Waals surface area contributed by atoms with E-state index in [9.17, 15) is 4.79 Å². The number of nitrogens with zero attached hydrogens (tertiary/aromatic N) is 1. The van der Waals surface area contributed by atoms with Gasteiger partial charge in [-0.25, -0.2) is 0 Å². The van der Waals surface area contributed by atoms with Crippen LogP contribution in [0.15, 0.2) is 12.1 Å². The van der Waals surface area contributed by atoms with Crippen LogP contribution < -0.4 is 5.32 Å². The molecular formula is C14H22N2OS. The van der Waals surface area contributed by atoms with Crippen LogP contribution in [0.4, 0.5) is 0 Å². The van der Waals surface area contributed by atoms with E-state index in [1.807, 2.05) is 23.2 Å². The van der Waals surface area contributed by atoms with Gasteiger partial charge in [0.25, 0.3) is 0 Å². The smallest absolute Gasteiger partial charge is 0.239 e. The van der Waals surface area contributed by atoms with Crippen molar-refractivity contribution in [2.24, 2.45) is 0 Å². The Labute approximate surface area is 113 Å². The number of hydrogen-bond donors (Lipinski definition) is 1. The van der Waals surface area contributed by atoms with E-state index in [0.717, 1.165) is 38.9 Å². The second-order valence-electron chi connectivity index (χ2n) is 4.86. The molecule has 0 aliphatic carbocycles. The van der Waals surface area contributed by atoms with E-state index in [2.05, 4.69) is 24.4 Å². The summed E-state index contributed by atoms with van der Waals surface area (Å²) < 4.78 is 0. The SMILES string of the molecule is CCc1ccc(CNC(C)C(=O)N2CCCC2)s1. The number of carbonyl (C=O) groups excluding carboxylic acids is 1. The zero-order valence-corrected chi connectivity index (χ0v) is 12.1. The van der Waals surface area contributed by atoms with Gasteiger partial charge in [0.2, 0.25) is 5.91 Å². The topological polar surface area (TPSA) is 32.3 Å². The van der Waals surface area contributed by atoms with Crippen molar-refractivity contribution >= 4 is 17.2 Å². The molecule has 1 unspecified atom stereocenters. The third-order valence-electron chi connectivity index (χ3n) is 3.44. The molecule has 3 nitrogen and oxygen atoms in total. The van der Waals surface area contributed by atoms with Crippen molar-refractivity contribution in [1.29, 1.82) is 0 Å². The van der Waals surface area contributed by atoms with E-state index in [4.69, 9.17) is 0 Å². The van der Waals surface area contributed by atoms with Crippen LogP contribution in [-0.4, -0.2) is 29.9 Å². The molecule has 0 saturated carbocycles. The van der Waals surface area contributed by atoms with Crippen LogP contribution in [0.25, 0.3) is 0 Å². The zero-order chi connectivity index (χ0) is 13.0. The van der Waals surface area contributed by atoms with Crippen molar-refractivity contribution in [1.82, 2.24) is 10.2 Å². The number of hydrogen-bond acceptors (Lipinski definition) is 3. The molecule has 1 saturated heterocycles. The molecule has 2 rings (SSSR count).